The Balaban J connectivity index is 2.03. The Labute approximate surface area is 151 Å². The summed E-state index contributed by atoms with van der Waals surface area (Å²) in [6.07, 6.45) is 0. The molecular weight excluding hydrogens is 342 g/mol. The topological polar surface area (TPSA) is 104 Å². The molecule has 1 aromatic carbocycles. The fourth-order valence-electron chi connectivity index (χ4n) is 2.05. The van der Waals surface area contributed by atoms with E-state index in [-0.39, 0.29) is 11.2 Å². The van der Waals surface area contributed by atoms with Gasteiger partial charge < -0.3 is 20.6 Å². The molecule has 2 aromatic rings. The molecule has 9 heteroatoms. The molecule has 0 fully saturated rings. The van der Waals surface area contributed by atoms with E-state index in [0.717, 1.165) is 11.3 Å². The van der Waals surface area contributed by atoms with Gasteiger partial charge in [-0.1, -0.05) is 11.8 Å². The van der Waals surface area contributed by atoms with Crippen LogP contribution in [0.2, 0.25) is 0 Å². The molecule has 0 bridgehead atoms. The summed E-state index contributed by atoms with van der Waals surface area (Å²) >= 11 is 1.25. The van der Waals surface area contributed by atoms with Crippen LogP contribution in [0, 0.1) is 0 Å². The van der Waals surface area contributed by atoms with Crippen molar-refractivity contribution in [2.24, 2.45) is 0 Å². The quantitative estimate of drug-likeness (QED) is 0.392. The first-order chi connectivity index (χ1) is 12.1. The van der Waals surface area contributed by atoms with Crippen LogP contribution in [0.4, 0.5) is 0 Å². The van der Waals surface area contributed by atoms with Crippen molar-refractivity contribution < 1.29 is 14.3 Å². The molecule has 3 N–H and O–H groups in total. The summed E-state index contributed by atoms with van der Waals surface area (Å²) in [5.74, 6) is 7.29. The van der Waals surface area contributed by atoms with E-state index in [4.69, 9.17) is 15.3 Å². The second kappa shape index (κ2) is 9.28. The molecule has 0 aliphatic carbocycles. The van der Waals surface area contributed by atoms with E-state index in [1.807, 2.05) is 31.2 Å². The number of rotatable bonds is 9. The van der Waals surface area contributed by atoms with Crippen LogP contribution in [0.1, 0.15) is 13.8 Å². The first-order valence-corrected chi connectivity index (χ1v) is 8.81. The second-order valence-corrected chi connectivity index (χ2v) is 6.49. The van der Waals surface area contributed by atoms with E-state index in [9.17, 15) is 4.79 Å². The van der Waals surface area contributed by atoms with Gasteiger partial charge in [-0.2, -0.15) is 0 Å². The minimum Gasteiger partial charge on any atom is -0.494 e. The van der Waals surface area contributed by atoms with Gasteiger partial charge in [0.2, 0.25) is 11.1 Å². The van der Waals surface area contributed by atoms with Crippen molar-refractivity contribution in [2.45, 2.75) is 24.3 Å². The monoisotopic (exact) mass is 365 g/mol. The first-order valence-electron chi connectivity index (χ1n) is 7.93. The smallest absolute Gasteiger partial charge is 0.233 e. The highest BCUT2D eigenvalue weighted by molar-refractivity contribution is 8.00. The van der Waals surface area contributed by atoms with Crippen molar-refractivity contribution in [1.82, 2.24) is 20.2 Å². The lowest BCUT2D eigenvalue weighted by molar-refractivity contribution is -0.120. The van der Waals surface area contributed by atoms with Crippen LogP contribution in [0.5, 0.6) is 5.75 Å². The van der Waals surface area contributed by atoms with Gasteiger partial charge in [0.15, 0.2) is 5.82 Å². The van der Waals surface area contributed by atoms with E-state index in [1.165, 1.54) is 16.4 Å². The van der Waals surface area contributed by atoms with Crippen LogP contribution < -0.4 is 15.9 Å². The standard InChI is InChI=1S/C16H23N5O3S/c1-4-24-13-7-5-12(6-8-13)14-19-20-16(21(14)17)25-11(2)15(22)18-9-10-23-3/h5-8,11H,4,9-10,17H2,1-3H3,(H,18,22)/t11-/m1/s1. The summed E-state index contributed by atoms with van der Waals surface area (Å²) in [4.78, 5) is 12.0. The van der Waals surface area contributed by atoms with Gasteiger partial charge in [0.25, 0.3) is 0 Å². The van der Waals surface area contributed by atoms with Gasteiger partial charge in [0.05, 0.1) is 18.5 Å². The third-order valence-corrected chi connectivity index (χ3v) is 4.40. The van der Waals surface area contributed by atoms with E-state index in [0.29, 0.717) is 30.7 Å². The van der Waals surface area contributed by atoms with Gasteiger partial charge in [-0.15, -0.1) is 10.2 Å². The maximum absolute atomic E-state index is 12.0. The van der Waals surface area contributed by atoms with Gasteiger partial charge in [-0.05, 0) is 38.1 Å². The number of nitrogen functional groups attached to an aromatic ring is 1. The number of ether oxygens (including phenoxy) is 2. The lowest BCUT2D eigenvalue weighted by Crippen LogP contribution is -2.33. The molecule has 1 amide bonds. The molecule has 136 valence electrons. The zero-order chi connectivity index (χ0) is 18.2. The molecule has 2 rings (SSSR count). The van der Waals surface area contributed by atoms with E-state index >= 15 is 0 Å². The minimum atomic E-state index is -0.350. The predicted molar refractivity (Wildman–Crippen MR) is 97.0 cm³/mol. The Bertz CT molecular complexity index is 690. The predicted octanol–water partition coefficient (Wildman–Crippen LogP) is 1.30. The van der Waals surface area contributed by atoms with Crippen LogP contribution in [-0.2, 0) is 9.53 Å². The Hall–Kier alpha value is -2.26. The Kier molecular flexibility index (Phi) is 7.08. The van der Waals surface area contributed by atoms with Gasteiger partial charge >= 0.3 is 0 Å². The fourth-order valence-corrected chi connectivity index (χ4v) is 2.85. The van der Waals surface area contributed by atoms with Gasteiger partial charge in [0, 0.05) is 19.2 Å². The van der Waals surface area contributed by atoms with Crippen LogP contribution >= 0.6 is 11.8 Å². The van der Waals surface area contributed by atoms with Crippen molar-refractivity contribution in [3.8, 4) is 17.1 Å². The lowest BCUT2D eigenvalue weighted by atomic mass is 10.2. The minimum absolute atomic E-state index is 0.104. The third kappa shape index (κ3) is 5.10. The maximum Gasteiger partial charge on any atom is 0.233 e. The van der Waals surface area contributed by atoms with Crippen molar-refractivity contribution in [1.29, 1.82) is 0 Å². The zero-order valence-electron chi connectivity index (χ0n) is 14.6. The summed E-state index contributed by atoms with van der Waals surface area (Å²) < 4.78 is 11.7. The molecular formula is C16H23N5O3S. The summed E-state index contributed by atoms with van der Waals surface area (Å²) in [5.41, 5.74) is 0.822. The molecule has 0 radical (unpaired) electrons. The van der Waals surface area contributed by atoms with Crippen LogP contribution in [-0.4, -0.2) is 52.9 Å². The maximum atomic E-state index is 12.0. The summed E-state index contributed by atoms with van der Waals surface area (Å²) in [7, 11) is 1.59. The number of methoxy groups -OCH3 is 1. The van der Waals surface area contributed by atoms with Crippen LogP contribution in [0.3, 0.4) is 0 Å². The molecule has 0 unspecified atom stereocenters. The average Bonchev–Trinajstić information content (AvgIpc) is 2.96. The van der Waals surface area contributed by atoms with E-state index < -0.39 is 0 Å². The number of hydrogen-bond acceptors (Lipinski definition) is 7. The van der Waals surface area contributed by atoms with Crippen molar-refractivity contribution in [3.63, 3.8) is 0 Å². The van der Waals surface area contributed by atoms with E-state index in [1.54, 1.807) is 14.0 Å². The molecule has 0 saturated carbocycles. The van der Waals surface area contributed by atoms with Crippen molar-refractivity contribution >= 4 is 17.7 Å². The Morgan fingerprint density at radius 3 is 2.72 bits per heavy atom. The highest BCUT2D eigenvalue weighted by Gasteiger charge is 2.19. The third-order valence-electron chi connectivity index (χ3n) is 3.34. The normalized spacial score (nSPS) is 12.0. The van der Waals surface area contributed by atoms with Crippen LogP contribution in [0.15, 0.2) is 29.4 Å². The second-order valence-electron chi connectivity index (χ2n) is 5.18. The first kappa shape index (κ1) is 19.1. The summed E-state index contributed by atoms with van der Waals surface area (Å²) in [5, 5.41) is 11.1. The van der Waals surface area contributed by atoms with Gasteiger partial charge in [-0.25, -0.2) is 4.68 Å². The molecule has 1 atom stereocenters. The fraction of sp³-hybridized carbons (Fsp3) is 0.438. The molecule has 0 aliphatic heterocycles. The number of amides is 1. The highest BCUT2D eigenvalue weighted by atomic mass is 32.2. The lowest BCUT2D eigenvalue weighted by Gasteiger charge is -2.11. The molecule has 0 aliphatic rings. The largest absolute Gasteiger partial charge is 0.494 e. The number of hydrogen-bond donors (Lipinski definition) is 2. The number of nitrogens with two attached hydrogens (primary N) is 1. The number of thioether (sulfide) groups is 1. The zero-order valence-corrected chi connectivity index (χ0v) is 15.4. The Morgan fingerprint density at radius 1 is 1.36 bits per heavy atom. The number of aromatic nitrogens is 3. The Morgan fingerprint density at radius 2 is 2.08 bits per heavy atom. The summed E-state index contributed by atoms with van der Waals surface area (Å²) in [6.45, 7) is 5.27. The average molecular weight is 365 g/mol. The van der Waals surface area contributed by atoms with Crippen molar-refractivity contribution in [2.75, 3.05) is 32.7 Å². The highest BCUT2D eigenvalue weighted by Crippen LogP contribution is 2.25. The van der Waals surface area contributed by atoms with Gasteiger partial charge in [0.1, 0.15) is 5.75 Å². The molecule has 0 spiro atoms. The number of carbonyl (C=O) groups excluding carboxylic acids is 1. The summed E-state index contributed by atoms with van der Waals surface area (Å²) in [6, 6.07) is 7.44. The number of nitrogens with one attached hydrogen (secondary N) is 1. The van der Waals surface area contributed by atoms with E-state index in [2.05, 4.69) is 15.5 Å². The molecule has 25 heavy (non-hydrogen) atoms. The van der Waals surface area contributed by atoms with Gasteiger partial charge in [-0.3, -0.25) is 4.79 Å². The SMILES string of the molecule is CCOc1ccc(-c2nnc(S[C@H](C)C(=O)NCCOC)n2N)cc1. The molecule has 1 aromatic heterocycles. The molecule has 0 saturated heterocycles. The van der Waals surface area contributed by atoms with Crippen molar-refractivity contribution in [3.05, 3.63) is 24.3 Å². The molecule has 1 heterocycles. The number of nitrogens with zero attached hydrogens (tertiary/aromatic N) is 3. The number of benzene rings is 1. The van der Waals surface area contributed by atoms with Crippen LogP contribution in [0.25, 0.3) is 11.4 Å². The molecule has 8 nitrogen and oxygen atoms in total. The number of carbonyl (C=O) groups is 1.